The maximum Gasteiger partial charge on any atom is 0.304 e. The number of carboxylic acids is 1. The minimum atomic E-state index is -3.14. The zero-order valence-corrected chi connectivity index (χ0v) is 13.1. The molecular formula is C13H21N3O4S. The van der Waals surface area contributed by atoms with Crippen LogP contribution in [0.4, 0.5) is 0 Å². The molecule has 1 aliphatic heterocycles. The highest BCUT2D eigenvalue weighted by Gasteiger charge is 2.33. The molecule has 0 aliphatic carbocycles. The summed E-state index contributed by atoms with van der Waals surface area (Å²) in [6, 6.07) is -0.217. The summed E-state index contributed by atoms with van der Waals surface area (Å²) in [5.74, 6) is -0.979. The van der Waals surface area contributed by atoms with Gasteiger partial charge in [-0.25, -0.2) is 13.4 Å². The van der Waals surface area contributed by atoms with Crippen LogP contribution < -0.4 is 0 Å². The van der Waals surface area contributed by atoms with Crippen molar-refractivity contribution in [1.29, 1.82) is 0 Å². The molecule has 0 spiro atoms. The number of carbonyl (C=O) groups is 1. The van der Waals surface area contributed by atoms with Crippen LogP contribution in [0.2, 0.25) is 0 Å². The second kappa shape index (κ2) is 6.15. The summed E-state index contributed by atoms with van der Waals surface area (Å²) in [6.07, 6.45) is 3.34. The van der Waals surface area contributed by atoms with Gasteiger partial charge >= 0.3 is 5.97 Å². The van der Waals surface area contributed by atoms with Gasteiger partial charge < -0.3 is 9.67 Å². The highest BCUT2D eigenvalue weighted by molar-refractivity contribution is 7.91. The van der Waals surface area contributed by atoms with Crippen molar-refractivity contribution in [3.8, 4) is 0 Å². The quantitative estimate of drug-likeness (QED) is 0.852. The van der Waals surface area contributed by atoms with Crippen molar-refractivity contribution in [3.05, 3.63) is 18.2 Å². The van der Waals surface area contributed by atoms with Crippen molar-refractivity contribution < 1.29 is 18.3 Å². The second-order valence-corrected chi connectivity index (χ2v) is 7.95. The number of nitrogens with zero attached hydrogens (tertiary/aromatic N) is 3. The van der Waals surface area contributed by atoms with Gasteiger partial charge in [0.1, 0.15) is 0 Å². The van der Waals surface area contributed by atoms with Gasteiger partial charge in [-0.05, 0) is 13.8 Å². The highest BCUT2D eigenvalue weighted by Crippen LogP contribution is 2.19. The molecule has 21 heavy (non-hydrogen) atoms. The Morgan fingerprint density at radius 3 is 2.86 bits per heavy atom. The van der Waals surface area contributed by atoms with Gasteiger partial charge in [-0.1, -0.05) is 0 Å². The molecule has 0 aromatic carbocycles. The molecule has 1 saturated heterocycles. The number of hydrogen-bond donors (Lipinski definition) is 1. The van der Waals surface area contributed by atoms with Gasteiger partial charge in [0, 0.05) is 31.4 Å². The van der Waals surface area contributed by atoms with E-state index in [1.165, 1.54) is 0 Å². The summed E-state index contributed by atoms with van der Waals surface area (Å²) < 4.78 is 25.5. The average molecular weight is 315 g/mol. The molecule has 7 nitrogen and oxygen atoms in total. The van der Waals surface area contributed by atoms with Crippen LogP contribution >= 0.6 is 0 Å². The zero-order chi connectivity index (χ0) is 15.6. The number of carboxylic acid groups (broad SMARTS) is 1. The van der Waals surface area contributed by atoms with Crippen LogP contribution in [0.25, 0.3) is 0 Å². The topological polar surface area (TPSA) is 92.5 Å². The average Bonchev–Trinajstić information content (AvgIpc) is 2.79. The summed E-state index contributed by atoms with van der Waals surface area (Å²) in [5.41, 5.74) is 0.972. The van der Waals surface area contributed by atoms with Gasteiger partial charge in [0.2, 0.25) is 0 Å². The molecule has 0 bridgehead atoms. The van der Waals surface area contributed by atoms with Crippen molar-refractivity contribution in [1.82, 2.24) is 14.5 Å². The van der Waals surface area contributed by atoms with Crippen LogP contribution in [0.5, 0.6) is 0 Å². The smallest absolute Gasteiger partial charge is 0.304 e. The maximum absolute atomic E-state index is 11.7. The molecule has 1 fully saturated rings. The molecule has 1 unspecified atom stereocenters. The maximum atomic E-state index is 11.7. The predicted octanol–water partition coefficient (Wildman–Crippen LogP) is 0.538. The Balaban J connectivity index is 2.16. The van der Waals surface area contributed by atoms with Crippen LogP contribution in [-0.2, 0) is 21.2 Å². The van der Waals surface area contributed by atoms with E-state index >= 15 is 0 Å². The highest BCUT2D eigenvalue weighted by atomic mass is 32.2. The third-order valence-electron chi connectivity index (χ3n) is 3.73. The Hall–Kier alpha value is -1.41. The Labute approximate surface area is 124 Å². The molecular weight excluding hydrogens is 294 g/mol. The molecule has 2 rings (SSSR count). The fraction of sp³-hybridized carbons (Fsp3) is 0.692. The lowest BCUT2D eigenvalue weighted by atomic mass is 10.2. The van der Waals surface area contributed by atoms with E-state index in [1.807, 2.05) is 23.3 Å². The van der Waals surface area contributed by atoms with Gasteiger partial charge in [-0.2, -0.15) is 0 Å². The van der Waals surface area contributed by atoms with E-state index in [9.17, 15) is 13.2 Å². The van der Waals surface area contributed by atoms with Crippen molar-refractivity contribution >= 4 is 15.8 Å². The van der Waals surface area contributed by atoms with Gasteiger partial charge in [-0.15, -0.1) is 0 Å². The summed E-state index contributed by atoms with van der Waals surface area (Å²) in [4.78, 5) is 17.0. The fourth-order valence-electron chi connectivity index (χ4n) is 2.65. The van der Waals surface area contributed by atoms with Crippen LogP contribution in [-0.4, -0.2) is 58.0 Å². The lowest BCUT2D eigenvalue weighted by molar-refractivity contribution is -0.138. The Morgan fingerprint density at radius 1 is 1.52 bits per heavy atom. The molecule has 0 radical (unpaired) electrons. The zero-order valence-electron chi connectivity index (χ0n) is 12.3. The molecule has 8 heteroatoms. The van der Waals surface area contributed by atoms with Crippen LogP contribution in [0.3, 0.4) is 0 Å². The molecule has 0 saturated carbocycles. The van der Waals surface area contributed by atoms with E-state index in [0.29, 0.717) is 13.1 Å². The van der Waals surface area contributed by atoms with Crippen molar-refractivity contribution in [2.24, 2.45) is 0 Å². The van der Waals surface area contributed by atoms with Gasteiger partial charge in [0.15, 0.2) is 9.84 Å². The third kappa shape index (κ3) is 4.04. The molecule has 1 N–H and O–H groups in total. The minimum absolute atomic E-state index is 0.0823. The summed E-state index contributed by atoms with van der Waals surface area (Å²) in [6.45, 7) is 4.97. The first-order chi connectivity index (χ1) is 9.78. The SMILES string of the molecule is CC(C)n1cncc1CN1CCS(=O)(=O)CC1CC(=O)O. The van der Waals surface area contributed by atoms with Gasteiger partial charge in [-0.3, -0.25) is 9.69 Å². The molecule has 1 aromatic rings. The van der Waals surface area contributed by atoms with Gasteiger partial charge in [0.05, 0.1) is 29.9 Å². The van der Waals surface area contributed by atoms with E-state index in [2.05, 4.69) is 4.98 Å². The molecule has 0 amide bonds. The Bertz CT molecular complexity index is 609. The Morgan fingerprint density at radius 2 is 2.24 bits per heavy atom. The summed E-state index contributed by atoms with van der Waals surface area (Å²) in [7, 11) is -3.14. The van der Waals surface area contributed by atoms with Crippen molar-refractivity contribution in [3.63, 3.8) is 0 Å². The molecule has 118 valence electrons. The largest absolute Gasteiger partial charge is 0.481 e. The standard InChI is InChI=1S/C13H21N3O4S/c1-10(2)16-9-14-6-12(16)7-15-3-4-21(19,20)8-11(15)5-13(17)18/h6,9-11H,3-5,7-8H2,1-2H3,(H,17,18). The number of aromatic nitrogens is 2. The van der Waals surface area contributed by atoms with E-state index in [1.54, 1.807) is 12.5 Å². The molecule has 1 atom stereocenters. The Kier molecular flexibility index (Phi) is 4.67. The first-order valence-corrected chi connectivity index (χ1v) is 8.77. The number of rotatable bonds is 5. The van der Waals surface area contributed by atoms with Crippen LogP contribution in [0.15, 0.2) is 12.5 Å². The monoisotopic (exact) mass is 315 g/mol. The first kappa shape index (κ1) is 16.0. The lowest BCUT2D eigenvalue weighted by Gasteiger charge is -2.34. The predicted molar refractivity (Wildman–Crippen MR) is 77.7 cm³/mol. The van der Waals surface area contributed by atoms with E-state index in [-0.39, 0.29) is 24.0 Å². The van der Waals surface area contributed by atoms with Gasteiger partial charge in [0.25, 0.3) is 0 Å². The number of imidazole rings is 1. The van der Waals surface area contributed by atoms with E-state index < -0.39 is 21.8 Å². The first-order valence-electron chi connectivity index (χ1n) is 6.95. The van der Waals surface area contributed by atoms with E-state index in [0.717, 1.165) is 5.69 Å². The molecule has 2 heterocycles. The second-order valence-electron chi connectivity index (χ2n) is 5.72. The van der Waals surface area contributed by atoms with Crippen molar-refractivity contribution in [2.45, 2.75) is 38.9 Å². The number of aliphatic carboxylic acids is 1. The summed E-state index contributed by atoms with van der Waals surface area (Å²) >= 11 is 0. The minimum Gasteiger partial charge on any atom is -0.481 e. The molecule has 1 aromatic heterocycles. The fourth-order valence-corrected chi connectivity index (χ4v) is 4.24. The number of hydrogen-bond acceptors (Lipinski definition) is 5. The van der Waals surface area contributed by atoms with Crippen molar-refractivity contribution in [2.75, 3.05) is 18.1 Å². The van der Waals surface area contributed by atoms with Crippen LogP contribution in [0.1, 0.15) is 32.0 Å². The van der Waals surface area contributed by atoms with Crippen LogP contribution in [0, 0.1) is 0 Å². The third-order valence-corrected chi connectivity index (χ3v) is 5.43. The normalized spacial score (nSPS) is 22.5. The lowest BCUT2D eigenvalue weighted by Crippen LogP contribution is -2.49. The van der Waals surface area contributed by atoms with E-state index in [4.69, 9.17) is 5.11 Å². The number of sulfone groups is 1. The molecule has 1 aliphatic rings. The summed E-state index contributed by atoms with van der Waals surface area (Å²) in [5, 5.41) is 8.98.